The molecular weight excluding hydrogens is 354 g/mol. The number of ether oxygens (including phenoxy) is 1. The molecule has 5 rings (SSSR count). The Balaban J connectivity index is 1.39. The summed E-state index contributed by atoms with van der Waals surface area (Å²) >= 11 is 6.17. The zero-order chi connectivity index (χ0) is 17.5. The first-order valence-electron chi connectivity index (χ1n) is 9.51. The Morgan fingerprint density at radius 3 is 2.88 bits per heavy atom. The maximum atomic E-state index is 6.20. The van der Waals surface area contributed by atoms with Crippen LogP contribution in [0.15, 0.2) is 10.5 Å². The summed E-state index contributed by atoms with van der Waals surface area (Å²) in [5, 5.41) is 0.269. The highest BCUT2D eigenvalue weighted by atomic mass is 35.5. The van der Waals surface area contributed by atoms with Crippen molar-refractivity contribution in [3.8, 4) is 0 Å². The number of hydrogen-bond donors (Lipinski definition) is 0. The van der Waals surface area contributed by atoms with Gasteiger partial charge in [-0.3, -0.25) is 9.80 Å². The van der Waals surface area contributed by atoms with E-state index in [4.69, 9.17) is 20.8 Å². The highest BCUT2D eigenvalue weighted by molar-refractivity contribution is 6.28. The van der Waals surface area contributed by atoms with Crippen molar-refractivity contribution in [3.05, 3.63) is 17.1 Å². The average Bonchev–Trinajstić information content (AvgIpc) is 3.27. The lowest BCUT2D eigenvalue weighted by atomic mass is 10.1. The number of hydrogen-bond acceptors (Lipinski definition) is 7. The molecule has 8 heteroatoms. The summed E-state index contributed by atoms with van der Waals surface area (Å²) in [4.78, 5) is 16.1. The lowest BCUT2D eigenvalue weighted by molar-refractivity contribution is 0.0945. The molecule has 3 fully saturated rings. The van der Waals surface area contributed by atoms with Gasteiger partial charge in [-0.15, -0.1) is 0 Å². The molecule has 2 aromatic heterocycles. The normalized spacial score (nSPS) is 25.1. The van der Waals surface area contributed by atoms with Gasteiger partial charge in [-0.05, 0) is 31.0 Å². The van der Waals surface area contributed by atoms with Crippen LogP contribution in [0.1, 0.15) is 18.6 Å². The van der Waals surface area contributed by atoms with Crippen LogP contribution in [0.5, 0.6) is 0 Å². The van der Waals surface area contributed by atoms with Gasteiger partial charge in [0.25, 0.3) is 0 Å². The molecule has 7 nitrogen and oxygen atoms in total. The minimum Gasteiger partial charge on any atom is -0.454 e. The molecule has 0 aromatic carbocycles. The van der Waals surface area contributed by atoms with Crippen molar-refractivity contribution in [3.63, 3.8) is 0 Å². The molecule has 26 heavy (non-hydrogen) atoms. The van der Waals surface area contributed by atoms with Gasteiger partial charge in [-0.25, -0.2) is 4.98 Å². The molecule has 140 valence electrons. The van der Waals surface area contributed by atoms with Crippen LogP contribution >= 0.6 is 11.6 Å². The summed E-state index contributed by atoms with van der Waals surface area (Å²) in [6.45, 7) is 8.45. The molecule has 5 heterocycles. The van der Waals surface area contributed by atoms with Crippen molar-refractivity contribution in [1.82, 2.24) is 19.8 Å². The molecule has 0 N–H and O–H groups in total. The Labute approximate surface area is 157 Å². The highest BCUT2D eigenvalue weighted by Crippen LogP contribution is 2.30. The summed E-state index contributed by atoms with van der Waals surface area (Å²) in [6, 6.07) is 2.74. The fourth-order valence-corrected chi connectivity index (χ4v) is 4.59. The summed E-state index contributed by atoms with van der Waals surface area (Å²) in [5.74, 6) is 1.73. The van der Waals surface area contributed by atoms with E-state index in [1.807, 2.05) is 6.07 Å². The minimum absolute atomic E-state index is 0.269. The molecule has 1 unspecified atom stereocenters. The van der Waals surface area contributed by atoms with Gasteiger partial charge in [0.05, 0.1) is 19.8 Å². The van der Waals surface area contributed by atoms with Crippen molar-refractivity contribution in [2.24, 2.45) is 0 Å². The van der Waals surface area contributed by atoms with Crippen molar-refractivity contribution in [2.45, 2.75) is 25.4 Å². The van der Waals surface area contributed by atoms with Gasteiger partial charge in [0.1, 0.15) is 11.3 Å². The van der Waals surface area contributed by atoms with E-state index < -0.39 is 0 Å². The second kappa shape index (κ2) is 6.96. The standard InChI is InChI=1S/C18H24ClN5O2/c19-18-20-15-10-14(12-22-4-5-23-3-1-2-13(23)11-22)26-16(15)17(21-18)24-6-8-25-9-7-24/h10,13H,1-9,11-12H2. The predicted octanol–water partition coefficient (Wildman–Crippen LogP) is 1.99. The van der Waals surface area contributed by atoms with Crippen molar-refractivity contribution < 1.29 is 9.15 Å². The average molecular weight is 378 g/mol. The van der Waals surface area contributed by atoms with Crippen LogP contribution in [-0.2, 0) is 11.3 Å². The lowest BCUT2D eigenvalue weighted by Gasteiger charge is -2.37. The molecule has 3 aliphatic rings. The highest BCUT2D eigenvalue weighted by Gasteiger charge is 2.31. The Hall–Kier alpha value is -1.41. The van der Waals surface area contributed by atoms with Gasteiger partial charge in [0.15, 0.2) is 11.4 Å². The number of aromatic nitrogens is 2. The molecule has 0 spiro atoms. The van der Waals surface area contributed by atoms with E-state index in [1.165, 1.54) is 19.4 Å². The molecule has 0 aliphatic carbocycles. The fourth-order valence-electron chi connectivity index (χ4n) is 4.42. The van der Waals surface area contributed by atoms with E-state index >= 15 is 0 Å². The largest absolute Gasteiger partial charge is 0.454 e. The van der Waals surface area contributed by atoms with E-state index in [-0.39, 0.29) is 5.28 Å². The van der Waals surface area contributed by atoms with Crippen molar-refractivity contribution in [1.29, 1.82) is 0 Å². The second-order valence-corrected chi connectivity index (χ2v) is 7.75. The zero-order valence-electron chi connectivity index (χ0n) is 14.9. The quantitative estimate of drug-likeness (QED) is 0.758. The van der Waals surface area contributed by atoms with Crippen LogP contribution in [0.3, 0.4) is 0 Å². The third-order valence-electron chi connectivity index (χ3n) is 5.74. The molecule has 3 aliphatic heterocycles. The third-order valence-corrected chi connectivity index (χ3v) is 5.91. The third kappa shape index (κ3) is 3.17. The smallest absolute Gasteiger partial charge is 0.225 e. The van der Waals surface area contributed by atoms with Crippen LogP contribution in [0.4, 0.5) is 5.82 Å². The second-order valence-electron chi connectivity index (χ2n) is 7.41. The maximum Gasteiger partial charge on any atom is 0.225 e. The summed E-state index contributed by atoms with van der Waals surface area (Å²) < 4.78 is 11.6. The summed E-state index contributed by atoms with van der Waals surface area (Å²) in [6.07, 6.45) is 2.65. The molecule has 1 atom stereocenters. The molecule has 2 aromatic rings. The monoisotopic (exact) mass is 377 g/mol. The molecule has 0 bridgehead atoms. The first kappa shape index (κ1) is 16.7. The Bertz CT molecular complexity index is 791. The van der Waals surface area contributed by atoms with E-state index in [1.54, 1.807) is 0 Å². The maximum absolute atomic E-state index is 6.20. The van der Waals surface area contributed by atoms with Gasteiger partial charge < -0.3 is 14.1 Å². The number of furan rings is 1. The predicted molar refractivity (Wildman–Crippen MR) is 99.7 cm³/mol. The van der Waals surface area contributed by atoms with E-state index in [9.17, 15) is 0 Å². The van der Waals surface area contributed by atoms with Crippen LogP contribution < -0.4 is 4.90 Å². The van der Waals surface area contributed by atoms with Gasteiger partial charge in [0.2, 0.25) is 5.28 Å². The minimum atomic E-state index is 0.269. The Morgan fingerprint density at radius 1 is 1.12 bits per heavy atom. The topological polar surface area (TPSA) is 57.9 Å². The summed E-state index contributed by atoms with van der Waals surface area (Å²) in [5.41, 5.74) is 1.53. The zero-order valence-corrected chi connectivity index (χ0v) is 15.6. The van der Waals surface area contributed by atoms with Gasteiger partial charge >= 0.3 is 0 Å². The van der Waals surface area contributed by atoms with E-state index in [2.05, 4.69) is 24.7 Å². The molecule has 3 saturated heterocycles. The van der Waals surface area contributed by atoms with Gasteiger partial charge in [-0.1, -0.05) is 0 Å². The van der Waals surface area contributed by atoms with Crippen LogP contribution in [0.25, 0.3) is 11.1 Å². The SMILES string of the molecule is Clc1nc(N2CCOCC2)c2oc(CN3CCN4CCCC4C3)cc2n1. The van der Waals surface area contributed by atoms with Crippen LogP contribution in [-0.4, -0.2) is 78.3 Å². The molecule has 0 radical (unpaired) electrons. The number of morpholine rings is 1. The number of rotatable bonds is 3. The molecule has 0 saturated carbocycles. The fraction of sp³-hybridized carbons (Fsp3) is 0.667. The van der Waals surface area contributed by atoms with Gasteiger partial charge in [0, 0.05) is 44.8 Å². The van der Waals surface area contributed by atoms with Crippen LogP contribution in [0, 0.1) is 0 Å². The van der Waals surface area contributed by atoms with E-state index in [0.717, 1.165) is 61.9 Å². The van der Waals surface area contributed by atoms with Crippen LogP contribution in [0.2, 0.25) is 5.28 Å². The summed E-state index contributed by atoms with van der Waals surface area (Å²) in [7, 11) is 0. The van der Waals surface area contributed by atoms with Crippen molar-refractivity contribution in [2.75, 3.05) is 57.4 Å². The molecule has 0 amide bonds. The number of fused-ring (bicyclic) bond motifs is 2. The number of halogens is 1. The van der Waals surface area contributed by atoms with Gasteiger partial charge in [-0.2, -0.15) is 4.98 Å². The van der Waals surface area contributed by atoms with Crippen molar-refractivity contribution >= 4 is 28.5 Å². The number of anilines is 1. The Morgan fingerprint density at radius 2 is 2.00 bits per heavy atom. The Kier molecular flexibility index (Phi) is 4.48. The molecular formula is C18H24ClN5O2. The lowest BCUT2D eigenvalue weighted by Crippen LogP contribution is -2.49. The first-order chi connectivity index (χ1) is 12.8. The van der Waals surface area contributed by atoms with E-state index in [0.29, 0.717) is 19.3 Å². The number of nitrogens with zero attached hydrogens (tertiary/aromatic N) is 5. The number of piperazine rings is 1. The first-order valence-corrected chi connectivity index (χ1v) is 9.89.